The van der Waals surface area contributed by atoms with Crippen LogP contribution in [-0.4, -0.2) is 39.6 Å². The van der Waals surface area contributed by atoms with Gasteiger partial charge < -0.3 is 10.1 Å². The molecule has 0 saturated heterocycles. The number of ether oxygens (including phenoxy) is 1. The number of hydrogen-bond donors (Lipinski definition) is 1. The highest BCUT2D eigenvalue weighted by atomic mass is 32.2. The van der Waals surface area contributed by atoms with E-state index in [1.807, 2.05) is 16.7 Å². The highest BCUT2D eigenvalue weighted by Crippen LogP contribution is 2.23. The molecule has 1 aromatic heterocycles. The second kappa shape index (κ2) is 10.1. The van der Waals surface area contributed by atoms with Crippen molar-refractivity contribution in [2.75, 3.05) is 24.2 Å². The zero-order chi connectivity index (χ0) is 20.6. The second-order valence-electron chi connectivity index (χ2n) is 6.71. The van der Waals surface area contributed by atoms with Gasteiger partial charge in [0.15, 0.2) is 5.16 Å². The number of aryl methyl sites for hydroxylation is 2. The predicted octanol–water partition coefficient (Wildman–Crippen LogP) is 4.19. The molecule has 29 heavy (non-hydrogen) atoms. The SMILES string of the molecule is CCOC(=O)CSc1nnc(CCNc2ccc(C)cc2)n1-c1ccc(C)cc1. The summed E-state index contributed by atoms with van der Waals surface area (Å²) in [6, 6.07) is 16.5. The highest BCUT2D eigenvalue weighted by molar-refractivity contribution is 7.99. The van der Waals surface area contributed by atoms with Gasteiger partial charge in [-0.1, -0.05) is 47.2 Å². The van der Waals surface area contributed by atoms with Crippen LogP contribution >= 0.6 is 11.8 Å². The fourth-order valence-electron chi connectivity index (χ4n) is 2.83. The molecule has 3 aromatic rings. The van der Waals surface area contributed by atoms with Crippen molar-refractivity contribution in [3.8, 4) is 5.69 Å². The van der Waals surface area contributed by atoms with E-state index in [0.29, 0.717) is 18.2 Å². The van der Waals surface area contributed by atoms with Gasteiger partial charge in [-0.2, -0.15) is 0 Å². The Kier molecular flexibility index (Phi) is 7.30. The van der Waals surface area contributed by atoms with E-state index < -0.39 is 0 Å². The number of benzene rings is 2. The zero-order valence-corrected chi connectivity index (χ0v) is 17.8. The summed E-state index contributed by atoms with van der Waals surface area (Å²) in [7, 11) is 0. The lowest BCUT2D eigenvalue weighted by molar-refractivity contribution is -0.139. The van der Waals surface area contributed by atoms with Crippen molar-refractivity contribution in [2.45, 2.75) is 32.3 Å². The predicted molar refractivity (Wildman–Crippen MR) is 117 cm³/mol. The molecule has 0 radical (unpaired) electrons. The number of nitrogens with one attached hydrogen (secondary N) is 1. The van der Waals surface area contributed by atoms with Crippen molar-refractivity contribution in [1.82, 2.24) is 14.8 Å². The molecular formula is C22H26N4O2S. The van der Waals surface area contributed by atoms with Gasteiger partial charge >= 0.3 is 5.97 Å². The van der Waals surface area contributed by atoms with Crippen molar-refractivity contribution in [1.29, 1.82) is 0 Å². The second-order valence-corrected chi connectivity index (χ2v) is 7.65. The van der Waals surface area contributed by atoms with Crippen LogP contribution in [0.5, 0.6) is 0 Å². The lowest BCUT2D eigenvalue weighted by Gasteiger charge is -2.11. The maximum absolute atomic E-state index is 11.8. The van der Waals surface area contributed by atoms with Crippen LogP contribution < -0.4 is 5.32 Å². The Morgan fingerprint density at radius 1 is 1.03 bits per heavy atom. The van der Waals surface area contributed by atoms with Crippen molar-refractivity contribution < 1.29 is 9.53 Å². The number of anilines is 1. The van der Waals surface area contributed by atoms with Gasteiger partial charge in [0, 0.05) is 24.3 Å². The van der Waals surface area contributed by atoms with Crippen LogP contribution in [0.4, 0.5) is 5.69 Å². The lowest BCUT2D eigenvalue weighted by atomic mass is 10.2. The first-order chi connectivity index (χ1) is 14.1. The summed E-state index contributed by atoms with van der Waals surface area (Å²) in [6.07, 6.45) is 0.703. The molecule has 3 rings (SSSR count). The first-order valence-electron chi connectivity index (χ1n) is 9.67. The molecule has 1 N–H and O–H groups in total. The largest absolute Gasteiger partial charge is 0.465 e. The fraction of sp³-hybridized carbons (Fsp3) is 0.318. The van der Waals surface area contributed by atoms with E-state index in [1.165, 1.54) is 22.9 Å². The van der Waals surface area contributed by atoms with Gasteiger partial charge in [-0.3, -0.25) is 9.36 Å². The van der Waals surface area contributed by atoms with Gasteiger partial charge in [-0.05, 0) is 45.0 Å². The van der Waals surface area contributed by atoms with Crippen LogP contribution in [0.3, 0.4) is 0 Å². The van der Waals surface area contributed by atoms with Gasteiger partial charge in [0.25, 0.3) is 0 Å². The van der Waals surface area contributed by atoms with Crippen molar-refractivity contribution >= 4 is 23.4 Å². The molecule has 0 atom stereocenters. The summed E-state index contributed by atoms with van der Waals surface area (Å²) in [5, 5.41) is 12.8. The summed E-state index contributed by atoms with van der Waals surface area (Å²) in [4.78, 5) is 11.8. The summed E-state index contributed by atoms with van der Waals surface area (Å²) in [5.41, 5.74) is 4.48. The number of nitrogens with zero attached hydrogens (tertiary/aromatic N) is 3. The molecule has 6 nitrogen and oxygen atoms in total. The number of hydrogen-bond acceptors (Lipinski definition) is 6. The van der Waals surface area contributed by atoms with Crippen LogP contribution in [0, 0.1) is 13.8 Å². The van der Waals surface area contributed by atoms with E-state index in [2.05, 4.69) is 65.8 Å². The quantitative estimate of drug-likeness (QED) is 0.421. The van der Waals surface area contributed by atoms with E-state index in [-0.39, 0.29) is 11.7 Å². The molecule has 0 fully saturated rings. The smallest absolute Gasteiger partial charge is 0.316 e. The molecule has 0 bridgehead atoms. The van der Waals surface area contributed by atoms with Crippen molar-refractivity contribution in [3.63, 3.8) is 0 Å². The molecule has 152 valence electrons. The normalized spacial score (nSPS) is 10.7. The molecule has 0 saturated carbocycles. The minimum absolute atomic E-state index is 0.208. The number of thioether (sulfide) groups is 1. The summed E-state index contributed by atoms with van der Waals surface area (Å²) in [6.45, 7) is 7.04. The Balaban J connectivity index is 1.75. The van der Waals surface area contributed by atoms with Crippen LogP contribution in [0.1, 0.15) is 23.9 Å². The van der Waals surface area contributed by atoms with Crippen LogP contribution in [0.2, 0.25) is 0 Å². The van der Waals surface area contributed by atoms with Crippen LogP contribution in [0.15, 0.2) is 53.7 Å². The monoisotopic (exact) mass is 410 g/mol. The number of esters is 1. The van der Waals surface area contributed by atoms with E-state index in [0.717, 1.165) is 23.7 Å². The van der Waals surface area contributed by atoms with E-state index >= 15 is 0 Å². The summed E-state index contributed by atoms with van der Waals surface area (Å²) >= 11 is 1.34. The Morgan fingerprint density at radius 3 is 2.34 bits per heavy atom. The maximum Gasteiger partial charge on any atom is 0.316 e. The van der Waals surface area contributed by atoms with Crippen LogP contribution in [-0.2, 0) is 16.0 Å². The zero-order valence-electron chi connectivity index (χ0n) is 17.0. The fourth-order valence-corrected chi connectivity index (χ4v) is 3.59. The summed E-state index contributed by atoms with van der Waals surface area (Å²) < 4.78 is 7.04. The van der Waals surface area contributed by atoms with Gasteiger partial charge in [0.1, 0.15) is 5.82 Å². The maximum atomic E-state index is 11.8. The molecular weight excluding hydrogens is 384 g/mol. The van der Waals surface area contributed by atoms with Gasteiger partial charge in [0.2, 0.25) is 0 Å². The molecule has 7 heteroatoms. The van der Waals surface area contributed by atoms with E-state index in [4.69, 9.17) is 4.74 Å². The minimum Gasteiger partial charge on any atom is -0.465 e. The third-order valence-corrected chi connectivity index (χ3v) is 5.25. The third-order valence-electron chi connectivity index (χ3n) is 4.35. The Morgan fingerprint density at radius 2 is 1.69 bits per heavy atom. The average molecular weight is 411 g/mol. The molecule has 0 aliphatic heterocycles. The topological polar surface area (TPSA) is 69.0 Å². The highest BCUT2D eigenvalue weighted by Gasteiger charge is 2.16. The molecule has 0 amide bonds. The van der Waals surface area contributed by atoms with Gasteiger partial charge in [0.05, 0.1) is 12.4 Å². The number of carbonyl (C=O) groups excluding carboxylic acids is 1. The first-order valence-corrected chi connectivity index (χ1v) is 10.7. The first kappa shape index (κ1) is 20.9. The average Bonchev–Trinajstić information content (AvgIpc) is 3.11. The van der Waals surface area contributed by atoms with Gasteiger partial charge in [-0.25, -0.2) is 0 Å². The van der Waals surface area contributed by atoms with E-state index in [1.54, 1.807) is 6.92 Å². The Hall–Kier alpha value is -2.80. The third kappa shape index (κ3) is 5.84. The molecule has 2 aromatic carbocycles. The molecule has 0 unspecified atom stereocenters. The van der Waals surface area contributed by atoms with Gasteiger partial charge in [-0.15, -0.1) is 10.2 Å². The van der Waals surface area contributed by atoms with E-state index in [9.17, 15) is 4.79 Å². The Labute approximate surface area is 175 Å². The molecule has 0 aliphatic carbocycles. The van der Waals surface area contributed by atoms with Crippen molar-refractivity contribution in [3.05, 3.63) is 65.5 Å². The minimum atomic E-state index is -0.251. The van der Waals surface area contributed by atoms with Crippen molar-refractivity contribution in [2.24, 2.45) is 0 Å². The standard InChI is InChI=1S/C22H26N4O2S/c1-4-28-21(27)15-29-22-25-24-20(26(22)19-11-7-17(3)8-12-19)13-14-23-18-9-5-16(2)6-10-18/h5-12,23H,4,13-15H2,1-3H3. The number of carbonyl (C=O) groups is 1. The summed E-state index contributed by atoms with van der Waals surface area (Å²) in [5.74, 6) is 0.803. The number of rotatable bonds is 9. The molecule has 0 aliphatic rings. The number of aromatic nitrogens is 3. The van der Waals surface area contributed by atoms with Crippen LogP contribution in [0.25, 0.3) is 5.69 Å². The lowest BCUT2D eigenvalue weighted by Crippen LogP contribution is -2.11. The molecule has 0 spiro atoms. The molecule has 1 heterocycles. The Bertz CT molecular complexity index is 936.